The third kappa shape index (κ3) is 6.09. The second-order valence-electron chi connectivity index (χ2n) is 11.5. The molecule has 1 spiro atoms. The Morgan fingerprint density at radius 1 is 0.972 bits per heavy atom. The van der Waals surface area contributed by atoms with Crippen LogP contribution in [0, 0.1) is 5.41 Å². The Labute approximate surface area is 216 Å². The average Bonchev–Trinajstić information content (AvgIpc) is 2.85. The van der Waals surface area contributed by atoms with Gasteiger partial charge in [0.1, 0.15) is 23.1 Å². The molecular weight excluding hydrogens is 450 g/mol. The number of carbonyl (C=O) groups excluding carboxylic acids is 2. The summed E-state index contributed by atoms with van der Waals surface area (Å²) in [5.74, 6) is 1.77. The van der Waals surface area contributed by atoms with Crippen molar-refractivity contribution in [1.82, 2.24) is 15.1 Å². The minimum Gasteiger partial charge on any atom is -0.457 e. The summed E-state index contributed by atoms with van der Waals surface area (Å²) >= 11 is 0. The van der Waals surface area contributed by atoms with Crippen molar-refractivity contribution >= 4 is 11.8 Å². The molecule has 6 heteroatoms. The Morgan fingerprint density at radius 3 is 2.22 bits per heavy atom. The lowest BCUT2D eigenvalue weighted by atomic mass is 9.79. The van der Waals surface area contributed by atoms with Gasteiger partial charge in [0.15, 0.2) is 0 Å². The highest BCUT2D eigenvalue weighted by molar-refractivity contribution is 6.00. The zero-order valence-electron chi connectivity index (χ0n) is 22.3. The number of benzene rings is 2. The van der Waals surface area contributed by atoms with Crippen molar-refractivity contribution in [2.45, 2.75) is 77.9 Å². The number of likely N-dealkylation sites (tertiary alicyclic amines) is 1. The van der Waals surface area contributed by atoms with Gasteiger partial charge in [0, 0.05) is 26.2 Å². The minimum atomic E-state index is -0.718. The molecule has 1 unspecified atom stereocenters. The Morgan fingerprint density at radius 2 is 1.61 bits per heavy atom. The Kier molecular flexibility index (Phi) is 8.04. The summed E-state index contributed by atoms with van der Waals surface area (Å²) in [7, 11) is 0. The molecule has 194 valence electrons. The highest BCUT2D eigenvalue weighted by Gasteiger charge is 2.53. The molecule has 2 fully saturated rings. The topological polar surface area (TPSA) is 61.9 Å². The van der Waals surface area contributed by atoms with E-state index in [9.17, 15) is 9.59 Å². The van der Waals surface area contributed by atoms with E-state index in [1.807, 2.05) is 47.4 Å². The Balaban J connectivity index is 1.39. The minimum absolute atomic E-state index is 0.0282. The van der Waals surface area contributed by atoms with Crippen LogP contribution < -0.4 is 10.1 Å². The third-order valence-corrected chi connectivity index (χ3v) is 7.35. The number of hydrogen-bond acceptors (Lipinski definition) is 4. The number of piperidine rings is 1. The highest BCUT2D eigenvalue weighted by atomic mass is 16.5. The molecule has 1 N–H and O–H groups in total. The predicted molar refractivity (Wildman–Crippen MR) is 143 cm³/mol. The maximum atomic E-state index is 13.5. The summed E-state index contributed by atoms with van der Waals surface area (Å²) in [6, 6.07) is 17.6. The predicted octanol–water partition coefficient (Wildman–Crippen LogP) is 5.38. The number of nitrogens with zero attached hydrogens (tertiary/aromatic N) is 2. The van der Waals surface area contributed by atoms with Crippen molar-refractivity contribution in [3.8, 4) is 11.5 Å². The van der Waals surface area contributed by atoms with E-state index in [0.29, 0.717) is 25.8 Å². The van der Waals surface area contributed by atoms with Gasteiger partial charge < -0.3 is 15.0 Å². The van der Waals surface area contributed by atoms with Gasteiger partial charge >= 0.3 is 0 Å². The van der Waals surface area contributed by atoms with Gasteiger partial charge in [0.25, 0.3) is 0 Å². The van der Waals surface area contributed by atoms with Crippen LogP contribution in [0.5, 0.6) is 11.5 Å². The van der Waals surface area contributed by atoms with Crippen molar-refractivity contribution in [3.63, 3.8) is 0 Å². The van der Waals surface area contributed by atoms with E-state index in [-0.39, 0.29) is 17.2 Å². The summed E-state index contributed by atoms with van der Waals surface area (Å²) in [6.07, 6.45) is 3.93. The third-order valence-electron chi connectivity index (χ3n) is 7.35. The first kappa shape index (κ1) is 26.2. The van der Waals surface area contributed by atoms with Crippen molar-refractivity contribution in [3.05, 3.63) is 60.2 Å². The molecule has 2 amide bonds. The zero-order valence-corrected chi connectivity index (χ0v) is 22.3. The van der Waals surface area contributed by atoms with Crippen LogP contribution in [0.2, 0.25) is 0 Å². The molecule has 2 aliphatic rings. The first-order valence-electron chi connectivity index (χ1n) is 13.4. The van der Waals surface area contributed by atoms with Crippen LogP contribution in [-0.2, 0) is 16.1 Å². The number of amides is 2. The van der Waals surface area contributed by atoms with Crippen LogP contribution in [0.15, 0.2) is 54.6 Å². The SMILES string of the molecule is CCCCN1C(=O)C(CC(C)(C)C)NC(=O)C12CCN(Cc1ccc(Oc3ccccc3)cc1)CC2. The zero-order chi connectivity index (χ0) is 25.8. The van der Waals surface area contributed by atoms with E-state index in [0.717, 1.165) is 44.0 Å². The lowest BCUT2D eigenvalue weighted by Crippen LogP contribution is -2.73. The molecule has 1 atom stereocenters. The first-order valence-corrected chi connectivity index (χ1v) is 13.4. The fraction of sp³-hybridized carbons (Fsp3) is 0.533. The number of rotatable bonds is 8. The van der Waals surface area contributed by atoms with Gasteiger partial charge in [0.2, 0.25) is 11.8 Å². The maximum absolute atomic E-state index is 13.5. The van der Waals surface area contributed by atoms with Crippen LogP contribution in [0.25, 0.3) is 0 Å². The number of para-hydroxylation sites is 1. The van der Waals surface area contributed by atoms with Gasteiger partial charge in [0.05, 0.1) is 0 Å². The van der Waals surface area contributed by atoms with Crippen LogP contribution >= 0.6 is 0 Å². The van der Waals surface area contributed by atoms with E-state index < -0.39 is 11.6 Å². The van der Waals surface area contributed by atoms with Gasteiger partial charge in [-0.05, 0) is 60.9 Å². The van der Waals surface area contributed by atoms with Crippen molar-refractivity contribution in [2.75, 3.05) is 19.6 Å². The number of piperazine rings is 1. The van der Waals surface area contributed by atoms with Crippen LogP contribution in [0.1, 0.15) is 65.4 Å². The second-order valence-corrected chi connectivity index (χ2v) is 11.5. The standard InChI is InChI=1S/C30H41N3O3/c1-5-6-18-33-27(34)26(21-29(2,3)4)31-28(35)30(33)16-19-32(20-17-30)22-23-12-14-25(15-13-23)36-24-10-8-7-9-11-24/h7-15,26H,5-6,16-22H2,1-4H3,(H,31,35). The average molecular weight is 492 g/mol. The van der Waals surface area contributed by atoms with Crippen LogP contribution in [0.3, 0.4) is 0 Å². The van der Waals surface area contributed by atoms with E-state index in [1.165, 1.54) is 5.56 Å². The van der Waals surface area contributed by atoms with E-state index >= 15 is 0 Å². The molecule has 2 aromatic carbocycles. The van der Waals surface area contributed by atoms with Gasteiger partial charge in [-0.15, -0.1) is 0 Å². The number of hydrogen-bond donors (Lipinski definition) is 1. The van der Waals surface area contributed by atoms with Crippen molar-refractivity contribution in [1.29, 1.82) is 0 Å². The molecule has 2 aromatic rings. The van der Waals surface area contributed by atoms with Crippen molar-refractivity contribution < 1.29 is 14.3 Å². The fourth-order valence-corrected chi connectivity index (χ4v) is 5.39. The summed E-state index contributed by atoms with van der Waals surface area (Å²) in [5.41, 5.74) is 0.466. The molecule has 0 saturated carbocycles. The lowest BCUT2D eigenvalue weighted by Gasteiger charge is -2.52. The lowest BCUT2D eigenvalue weighted by molar-refractivity contribution is -0.162. The van der Waals surface area contributed by atoms with E-state index in [4.69, 9.17) is 4.74 Å². The molecular formula is C30H41N3O3. The smallest absolute Gasteiger partial charge is 0.246 e. The number of carbonyl (C=O) groups is 2. The highest BCUT2D eigenvalue weighted by Crippen LogP contribution is 2.36. The molecule has 0 bridgehead atoms. The molecule has 6 nitrogen and oxygen atoms in total. The number of ether oxygens (including phenoxy) is 1. The fourth-order valence-electron chi connectivity index (χ4n) is 5.39. The summed E-state index contributed by atoms with van der Waals surface area (Å²) in [6.45, 7) is 11.5. The van der Waals surface area contributed by atoms with Gasteiger partial charge in [-0.25, -0.2) is 0 Å². The second kappa shape index (κ2) is 11.0. The molecule has 0 aromatic heterocycles. The monoisotopic (exact) mass is 491 g/mol. The Bertz CT molecular complexity index is 1020. The quantitative estimate of drug-likeness (QED) is 0.539. The van der Waals surface area contributed by atoms with Crippen molar-refractivity contribution in [2.24, 2.45) is 5.41 Å². The van der Waals surface area contributed by atoms with Crippen LogP contribution in [-0.4, -0.2) is 52.8 Å². The molecule has 2 saturated heterocycles. The number of nitrogens with one attached hydrogen (secondary N) is 1. The first-order chi connectivity index (χ1) is 17.2. The summed E-state index contributed by atoms with van der Waals surface area (Å²) < 4.78 is 5.91. The van der Waals surface area contributed by atoms with Crippen LogP contribution in [0.4, 0.5) is 0 Å². The molecule has 2 aliphatic heterocycles. The molecule has 0 radical (unpaired) electrons. The Hall–Kier alpha value is -2.86. The van der Waals surface area contributed by atoms with E-state index in [1.54, 1.807) is 0 Å². The molecule has 4 rings (SSSR count). The summed E-state index contributed by atoms with van der Waals surface area (Å²) in [5, 5.41) is 3.12. The largest absolute Gasteiger partial charge is 0.457 e. The summed E-state index contributed by atoms with van der Waals surface area (Å²) in [4.78, 5) is 31.4. The van der Waals surface area contributed by atoms with Gasteiger partial charge in [-0.1, -0.05) is 64.4 Å². The molecule has 0 aliphatic carbocycles. The van der Waals surface area contributed by atoms with Gasteiger partial charge in [-0.3, -0.25) is 14.5 Å². The van der Waals surface area contributed by atoms with Gasteiger partial charge in [-0.2, -0.15) is 0 Å². The maximum Gasteiger partial charge on any atom is 0.246 e. The molecule has 2 heterocycles. The molecule has 36 heavy (non-hydrogen) atoms. The number of unbranched alkanes of at least 4 members (excludes halogenated alkanes) is 1. The normalized spacial score (nSPS) is 20.4. The van der Waals surface area contributed by atoms with E-state index in [2.05, 4.69) is 50.0 Å².